The number of carbonyl (C=O) groups excluding carboxylic acids is 2. The molecule has 0 heterocycles. The van der Waals surface area contributed by atoms with Crippen LogP contribution in [0.4, 0.5) is 0 Å². The van der Waals surface area contributed by atoms with Crippen molar-refractivity contribution in [3.63, 3.8) is 0 Å². The molecule has 0 bridgehead atoms. The standard InChI is InChI=1S/C36H39O10P.Na/c1-5-25-23(15-19-31(39)27-11-7-9-13-29(27)37)17-21-33(35(25)43-3)45-47(41,42)46-34-22-18-24(26(6-2)36(34)44-4)16-20-32(40)28-12-8-10-14-30(28)38;/h7-14,17-18,21-22,37-38H,5-6,15-16,19-20H2,1-4H3,(H,41,42);/q;+1/p-1. The van der Waals surface area contributed by atoms with Gasteiger partial charge in [0, 0.05) is 24.0 Å². The molecule has 4 aromatic rings. The van der Waals surface area contributed by atoms with Gasteiger partial charge < -0.3 is 33.6 Å². The molecule has 12 heteroatoms. The van der Waals surface area contributed by atoms with Gasteiger partial charge in [0.2, 0.25) is 0 Å². The number of benzene rings is 4. The van der Waals surface area contributed by atoms with Gasteiger partial charge in [-0.3, -0.25) is 9.59 Å². The third-order valence-corrected chi connectivity index (χ3v) is 8.67. The Morgan fingerprint density at radius 2 is 1.04 bits per heavy atom. The first-order valence-electron chi connectivity index (χ1n) is 15.2. The minimum atomic E-state index is -5.03. The van der Waals surface area contributed by atoms with Gasteiger partial charge in [-0.15, -0.1) is 0 Å². The Morgan fingerprint density at radius 3 is 1.38 bits per heavy atom. The van der Waals surface area contributed by atoms with Crippen LogP contribution in [0.3, 0.4) is 0 Å². The second kappa shape index (κ2) is 17.6. The van der Waals surface area contributed by atoms with Gasteiger partial charge in [0.15, 0.2) is 34.6 Å². The van der Waals surface area contributed by atoms with Gasteiger partial charge in [-0.25, -0.2) is 4.57 Å². The molecular formula is C36H38NaO10P. The Balaban J connectivity index is 0.00000625. The summed E-state index contributed by atoms with van der Waals surface area (Å²) < 4.78 is 35.2. The maximum absolute atomic E-state index is 13.2. The summed E-state index contributed by atoms with van der Waals surface area (Å²) in [5, 5.41) is 20.1. The van der Waals surface area contributed by atoms with E-state index in [9.17, 15) is 29.3 Å². The van der Waals surface area contributed by atoms with Gasteiger partial charge >= 0.3 is 37.4 Å². The summed E-state index contributed by atoms with van der Waals surface area (Å²) in [6.07, 6.45) is 1.84. The number of phenolic OH excluding ortho intramolecular Hbond substituents is 2. The fraction of sp³-hybridized carbons (Fsp3) is 0.278. The molecule has 10 nitrogen and oxygen atoms in total. The van der Waals surface area contributed by atoms with Crippen LogP contribution in [-0.4, -0.2) is 36.0 Å². The van der Waals surface area contributed by atoms with Crippen molar-refractivity contribution in [3.05, 3.63) is 106 Å². The Morgan fingerprint density at radius 1 is 0.667 bits per heavy atom. The molecule has 0 aliphatic heterocycles. The van der Waals surface area contributed by atoms with Crippen molar-refractivity contribution in [2.75, 3.05) is 14.2 Å². The Labute approximate surface area is 302 Å². The van der Waals surface area contributed by atoms with E-state index < -0.39 is 7.82 Å². The van der Waals surface area contributed by atoms with E-state index in [2.05, 4.69) is 0 Å². The van der Waals surface area contributed by atoms with Crippen molar-refractivity contribution in [1.29, 1.82) is 0 Å². The molecule has 2 N–H and O–H groups in total. The van der Waals surface area contributed by atoms with E-state index in [1.807, 2.05) is 13.8 Å². The van der Waals surface area contributed by atoms with Crippen molar-refractivity contribution in [2.45, 2.75) is 52.4 Å². The van der Waals surface area contributed by atoms with Crippen molar-refractivity contribution in [3.8, 4) is 34.5 Å². The molecule has 0 unspecified atom stereocenters. The molecule has 0 saturated carbocycles. The number of rotatable bonds is 16. The number of aromatic hydroxyl groups is 2. The molecule has 0 saturated heterocycles. The summed E-state index contributed by atoms with van der Waals surface area (Å²) in [6.45, 7) is 3.75. The minimum Gasteiger partial charge on any atom is -0.736 e. The number of phenols is 2. The minimum absolute atomic E-state index is 0. The van der Waals surface area contributed by atoms with Crippen LogP contribution in [0.1, 0.15) is 69.7 Å². The summed E-state index contributed by atoms with van der Waals surface area (Å²) in [6, 6.07) is 18.9. The number of ether oxygens (including phenoxy) is 2. The zero-order valence-corrected chi connectivity index (χ0v) is 30.7. The monoisotopic (exact) mass is 684 g/mol. The number of carbonyl (C=O) groups is 2. The zero-order chi connectivity index (χ0) is 34.1. The second-order valence-electron chi connectivity index (χ2n) is 10.7. The van der Waals surface area contributed by atoms with E-state index in [4.69, 9.17) is 18.5 Å². The van der Waals surface area contributed by atoms with Crippen LogP contribution in [0, 0.1) is 0 Å². The topological polar surface area (TPSA) is 152 Å². The van der Waals surface area contributed by atoms with Gasteiger partial charge in [-0.05, 0) is 73.2 Å². The quantitative estimate of drug-likeness (QED) is 0.101. The molecule has 0 aromatic heterocycles. The Bertz CT molecular complexity index is 1680. The molecule has 0 radical (unpaired) electrons. The van der Waals surface area contributed by atoms with E-state index in [1.165, 1.54) is 38.5 Å². The van der Waals surface area contributed by atoms with Crippen LogP contribution in [0.2, 0.25) is 0 Å². The van der Waals surface area contributed by atoms with Gasteiger partial charge in [0.1, 0.15) is 11.5 Å². The molecule has 248 valence electrons. The van der Waals surface area contributed by atoms with Gasteiger partial charge in [-0.1, -0.05) is 50.2 Å². The number of Topliss-reactive ketones (excluding diaryl/α,β-unsaturated/α-hetero) is 2. The predicted octanol–water partition coefficient (Wildman–Crippen LogP) is 3.80. The molecule has 48 heavy (non-hydrogen) atoms. The molecule has 0 amide bonds. The third-order valence-electron chi connectivity index (χ3n) is 7.83. The van der Waals surface area contributed by atoms with Crippen molar-refractivity contribution >= 4 is 19.4 Å². The third kappa shape index (κ3) is 9.21. The average molecular weight is 685 g/mol. The van der Waals surface area contributed by atoms with E-state index in [1.54, 1.807) is 48.5 Å². The molecule has 0 fully saturated rings. The van der Waals surface area contributed by atoms with Gasteiger partial charge in [0.05, 0.1) is 25.3 Å². The smallest absolute Gasteiger partial charge is 0.736 e. The van der Waals surface area contributed by atoms with E-state index in [0.717, 1.165) is 11.1 Å². The van der Waals surface area contributed by atoms with Crippen molar-refractivity contribution in [2.24, 2.45) is 0 Å². The molecule has 0 aliphatic carbocycles. The summed E-state index contributed by atoms with van der Waals surface area (Å²) in [4.78, 5) is 38.7. The van der Waals surface area contributed by atoms with Crippen LogP contribution < -0.4 is 53.0 Å². The number of phosphoric acid groups is 1. The zero-order valence-electron chi connectivity index (χ0n) is 27.8. The fourth-order valence-corrected chi connectivity index (χ4v) is 6.38. The number of hydrogen-bond acceptors (Lipinski definition) is 10. The summed E-state index contributed by atoms with van der Waals surface area (Å²) in [5.74, 6) is -0.379. The summed E-state index contributed by atoms with van der Waals surface area (Å²) in [5.41, 5.74) is 3.35. The number of para-hydroxylation sites is 2. The first-order valence-corrected chi connectivity index (χ1v) is 16.7. The molecular weight excluding hydrogens is 646 g/mol. The van der Waals surface area contributed by atoms with Crippen molar-refractivity contribution < 1.29 is 77.3 Å². The van der Waals surface area contributed by atoms with Crippen LogP contribution >= 0.6 is 7.82 Å². The molecule has 0 aliphatic rings. The average Bonchev–Trinajstić information content (AvgIpc) is 3.06. The SMILES string of the molecule is CCc1c(CCC(=O)c2ccccc2O)ccc(OP(=O)([O-])Oc2ccc(CCC(=O)c3ccccc3O)c(CC)c2OC)c1OC.[Na+]. The van der Waals surface area contributed by atoms with Crippen LogP contribution in [0.5, 0.6) is 34.5 Å². The molecule has 4 aromatic carbocycles. The van der Waals surface area contributed by atoms with Crippen LogP contribution in [0.25, 0.3) is 0 Å². The first kappa shape index (κ1) is 38.7. The van der Waals surface area contributed by atoms with Crippen molar-refractivity contribution in [1.82, 2.24) is 0 Å². The van der Waals surface area contributed by atoms with Crippen LogP contribution in [0.15, 0.2) is 72.8 Å². The normalized spacial score (nSPS) is 10.9. The van der Waals surface area contributed by atoms with Gasteiger partial charge in [0.25, 0.3) is 0 Å². The Kier molecular flexibility index (Phi) is 14.1. The maximum atomic E-state index is 13.2. The summed E-state index contributed by atoms with van der Waals surface area (Å²) in [7, 11) is -2.24. The number of ketones is 2. The molecule has 4 rings (SSSR count). The largest absolute Gasteiger partial charge is 1.00 e. The number of hydrogen-bond donors (Lipinski definition) is 2. The number of methoxy groups -OCH3 is 2. The van der Waals surface area contributed by atoms with E-state index in [0.29, 0.717) is 36.8 Å². The number of phosphoric ester groups is 1. The van der Waals surface area contributed by atoms with Crippen LogP contribution in [-0.2, 0) is 30.2 Å². The first-order chi connectivity index (χ1) is 22.5. The second-order valence-corrected chi connectivity index (χ2v) is 11.9. The predicted molar refractivity (Wildman–Crippen MR) is 175 cm³/mol. The number of aryl methyl sites for hydroxylation is 2. The maximum Gasteiger partial charge on any atom is 1.00 e. The molecule has 0 spiro atoms. The van der Waals surface area contributed by atoms with E-state index in [-0.39, 0.29) is 99.6 Å². The molecule has 0 atom stereocenters. The van der Waals surface area contributed by atoms with Gasteiger partial charge in [-0.2, -0.15) is 0 Å². The Hall–Kier alpha value is -3.79. The summed E-state index contributed by atoms with van der Waals surface area (Å²) >= 11 is 0. The van der Waals surface area contributed by atoms with E-state index >= 15 is 0 Å². The fourth-order valence-electron chi connectivity index (χ4n) is 5.57.